The van der Waals surface area contributed by atoms with Gasteiger partial charge in [0, 0.05) is 0 Å². The molecule has 0 fully saturated rings. The van der Waals surface area contributed by atoms with Crippen molar-refractivity contribution in [1.29, 1.82) is 0 Å². The molecular formula is C6H16AlO3-. The van der Waals surface area contributed by atoms with Gasteiger partial charge in [0.05, 0.1) is 0 Å². The van der Waals surface area contributed by atoms with Gasteiger partial charge in [0.25, 0.3) is 0 Å². The largest absolute Gasteiger partial charge is 0.649 e. The zero-order valence-corrected chi connectivity index (χ0v) is 8.47. The second-order valence-corrected chi connectivity index (χ2v) is 3.76. The SMILES string of the molecule is CC[O][AlH-]([O]CC)[O]CC. The molecule has 0 aromatic carbocycles. The molecule has 62 valence electrons. The summed E-state index contributed by atoms with van der Waals surface area (Å²) in [4.78, 5) is 0. The first-order valence-electron chi connectivity index (χ1n) is 3.85. The highest BCUT2D eigenvalue weighted by Gasteiger charge is 2.09. The highest BCUT2D eigenvalue weighted by atomic mass is 27.3. The van der Waals surface area contributed by atoms with Crippen molar-refractivity contribution >= 4 is 15.1 Å². The van der Waals surface area contributed by atoms with Crippen molar-refractivity contribution in [1.82, 2.24) is 0 Å². The third-order valence-electron chi connectivity index (χ3n) is 1.11. The summed E-state index contributed by atoms with van der Waals surface area (Å²) in [6.45, 7) is 7.94. The van der Waals surface area contributed by atoms with Crippen LogP contribution in [0, 0.1) is 0 Å². The highest BCUT2D eigenvalue weighted by molar-refractivity contribution is 6.36. The van der Waals surface area contributed by atoms with Gasteiger partial charge in [0.1, 0.15) is 0 Å². The van der Waals surface area contributed by atoms with Crippen LogP contribution in [0.2, 0.25) is 0 Å². The van der Waals surface area contributed by atoms with Gasteiger partial charge in [-0.05, 0) is 40.6 Å². The van der Waals surface area contributed by atoms with Crippen LogP contribution in [0.1, 0.15) is 20.8 Å². The molecule has 4 heteroatoms. The molecular weight excluding hydrogens is 147 g/mol. The van der Waals surface area contributed by atoms with Crippen LogP contribution in [-0.4, -0.2) is 35.0 Å². The van der Waals surface area contributed by atoms with Crippen LogP contribution in [0.5, 0.6) is 0 Å². The maximum Gasteiger partial charge on any atom is 0.649 e. The van der Waals surface area contributed by atoms with E-state index < -0.39 is 15.1 Å². The fourth-order valence-electron chi connectivity index (χ4n) is 0.677. The van der Waals surface area contributed by atoms with Gasteiger partial charge in [0.15, 0.2) is 0 Å². The van der Waals surface area contributed by atoms with Crippen molar-refractivity contribution in [3.63, 3.8) is 0 Å². The summed E-state index contributed by atoms with van der Waals surface area (Å²) in [5.74, 6) is 0. The number of hydrogen-bond acceptors (Lipinski definition) is 3. The standard InChI is InChI=1S/3C2H5O.Al.H/c3*1-2-3;;/h3*2H2,1H3;;/q3*-1;+2;. The second kappa shape index (κ2) is 7.52. The fourth-order valence-corrected chi connectivity index (χ4v) is 2.03. The van der Waals surface area contributed by atoms with Crippen LogP contribution in [0.15, 0.2) is 0 Å². The van der Waals surface area contributed by atoms with Crippen molar-refractivity contribution < 1.29 is 11.4 Å². The maximum atomic E-state index is 5.25. The molecule has 0 bridgehead atoms. The van der Waals surface area contributed by atoms with Gasteiger partial charge in [-0.2, -0.15) is 0 Å². The lowest BCUT2D eigenvalue weighted by atomic mass is 10.9. The summed E-state index contributed by atoms with van der Waals surface area (Å²) >= 11 is -2.07. The normalized spacial score (nSPS) is 10.8. The molecule has 0 saturated carbocycles. The van der Waals surface area contributed by atoms with Crippen molar-refractivity contribution in [3.05, 3.63) is 0 Å². The third-order valence-corrected chi connectivity index (χ3v) is 3.34. The lowest BCUT2D eigenvalue weighted by molar-refractivity contribution is 0.107. The van der Waals surface area contributed by atoms with Crippen LogP contribution < -0.4 is 0 Å². The van der Waals surface area contributed by atoms with Gasteiger partial charge < -0.3 is 11.4 Å². The number of rotatable bonds is 6. The van der Waals surface area contributed by atoms with Crippen LogP contribution in [-0.2, 0) is 11.4 Å². The Bertz CT molecular complexity index is 55.7. The average Bonchev–Trinajstić information content (AvgIpc) is 1.90. The molecule has 3 nitrogen and oxygen atoms in total. The highest BCUT2D eigenvalue weighted by Crippen LogP contribution is 1.90. The van der Waals surface area contributed by atoms with Crippen molar-refractivity contribution in [2.24, 2.45) is 0 Å². The zero-order chi connectivity index (χ0) is 7.82. The molecule has 0 radical (unpaired) electrons. The molecule has 0 rings (SSSR count). The van der Waals surface area contributed by atoms with Crippen LogP contribution in [0.25, 0.3) is 0 Å². The summed E-state index contributed by atoms with van der Waals surface area (Å²) in [7, 11) is 0. The van der Waals surface area contributed by atoms with E-state index in [4.69, 9.17) is 11.4 Å². The van der Waals surface area contributed by atoms with Gasteiger partial charge in [-0.1, -0.05) is 0 Å². The van der Waals surface area contributed by atoms with E-state index in [2.05, 4.69) is 0 Å². The van der Waals surface area contributed by atoms with E-state index in [1.54, 1.807) is 0 Å². The minimum absolute atomic E-state index is 0.694. The third kappa shape index (κ3) is 5.22. The first-order chi connectivity index (χ1) is 4.85. The predicted octanol–water partition coefficient (Wildman–Crippen LogP) is 0.813. The second-order valence-electron chi connectivity index (χ2n) is 1.83. The summed E-state index contributed by atoms with van der Waals surface area (Å²) in [6, 6.07) is 0. The summed E-state index contributed by atoms with van der Waals surface area (Å²) in [6.07, 6.45) is 0. The van der Waals surface area contributed by atoms with Crippen molar-refractivity contribution in [2.75, 3.05) is 19.8 Å². The van der Waals surface area contributed by atoms with Crippen LogP contribution in [0.3, 0.4) is 0 Å². The average molecular weight is 163 g/mol. The number of hydrogen-bond donors (Lipinski definition) is 0. The molecule has 0 spiro atoms. The molecule has 0 aromatic rings. The van der Waals surface area contributed by atoms with Crippen LogP contribution in [0.4, 0.5) is 0 Å². The summed E-state index contributed by atoms with van der Waals surface area (Å²) < 4.78 is 15.8. The van der Waals surface area contributed by atoms with E-state index >= 15 is 0 Å². The Balaban J connectivity index is 3.30. The Kier molecular flexibility index (Phi) is 7.83. The van der Waals surface area contributed by atoms with Crippen molar-refractivity contribution in [3.8, 4) is 0 Å². The Hall–Kier alpha value is 0.412. The van der Waals surface area contributed by atoms with Gasteiger partial charge in [-0.25, -0.2) is 0 Å². The molecule has 0 aliphatic rings. The molecule has 0 N–H and O–H groups in total. The van der Waals surface area contributed by atoms with E-state index in [9.17, 15) is 0 Å². The fraction of sp³-hybridized carbons (Fsp3) is 1.00. The first-order valence-corrected chi connectivity index (χ1v) is 5.59. The molecule has 0 aromatic heterocycles. The van der Waals surface area contributed by atoms with Gasteiger partial charge in [-0.15, -0.1) is 0 Å². The molecule has 0 amide bonds. The Morgan fingerprint density at radius 1 is 0.800 bits per heavy atom. The smallest absolute Gasteiger partial charge is 0.616 e. The van der Waals surface area contributed by atoms with Gasteiger partial charge >= 0.3 is 15.1 Å². The van der Waals surface area contributed by atoms with Gasteiger partial charge in [-0.3, -0.25) is 0 Å². The first kappa shape index (κ1) is 10.4. The minimum atomic E-state index is -2.07. The molecule has 0 heterocycles. The molecule has 10 heavy (non-hydrogen) atoms. The minimum Gasteiger partial charge on any atom is -0.616 e. The molecule has 0 aliphatic carbocycles. The molecule has 0 saturated heterocycles. The monoisotopic (exact) mass is 163 g/mol. The molecule has 0 unspecified atom stereocenters. The lowest BCUT2D eigenvalue weighted by Crippen LogP contribution is -2.27. The Morgan fingerprint density at radius 3 is 1.30 bits per heavy atom. The van der Waals surface area contributed by atoms with E-state index in [0.29, 0.717) is 19.8 Å². The Labute approximate surface area is 67.7 Å². The molecule has 0 atom stereocenters. The van der Waals surface area contributed by atoms with E-state index in [0.717, 1.165) is 0 Å². The zero-order valence-electron chi connectivity index (χ0n) is 7.05. The Morgan fingerprint density at radius 2 is 1.10 bits per heavy atom. The summed E-state index contributed by atoms with van der Waals surface area (Å²) in [5.41, 5.74) is 0. The topological polar surface area (TPSA) is 27.7 Å². The lowest BCUT2D eigenvalue weighted by Gasteiger charge is -2.23. The van der Waals surface area contributed by atoms with E-state index in [1.807, 2.05) is 20.8 Å². The van der Waals surface area contributed by atoms with Crippen molar-refractivity contribution in [2.45, 2.75) is 20.8 Å². The predicted molar refractivity (Wildman–Crippen MR) is 42.0 cm³/mol. The molecule has 0 aliphatic heterocycles. The van der Waals surface area contributed by atoms with Gasteiger partial charge in [0.2, 0.25) is 0 Å². The summed E-state index contributed by atoms with van der Waals surface area (Å²) in [5, 5.41) is 0. The van der Waals surface area contributed by atoms with E-state index in [-0.39, 0.29) is 0 Å². The quantitative estimate of drug-likeness (QED) is 0.542. The maximum absolute atomic E-state index is 5.25. The van der Waals surface area contributed by atoms with Crippen LogP contribution >= 0.6 is 0 Å². The van der Waals surface area contributed by atoms with E-state index in [1.165, 1.54) is 0 Å².